The van der Waals surface area contributed by atoms with Crippen LogP contribution >= 0.6 is 11.3 Å². The number of fused-ring (bicyclic) bond motifs is 1. The summed E-state index contributed by atoms with van der Waals surface area (Å²) in [7, 11) is 1.34. The molecule has 8 heteroatoms. The van der Waals surface area contributed by atoms with Gasteiger partial charge in [0.25, 0.3) is 5.56 Å². The van der Waals surface area contributed by atoms with Crippen molar-refractivity contribution in [1.29, 1.82) is 0 Å². The van der Waals surface area contributed by atoms with Crippen molar-refractivity contribution in [3.63, 3.8) is 0 Å². The lowest BCUT2D eigenvalue weighted by Gasteiger charge is -2.24. The van der Waals surface area contributed by atoms with Crippen LogP contribution in [-0.2, 0) is 9.53 Å². The predicted octanol–water partition coefficient (Wildman–Crippen LogP) is 4.57. The zero-order chi connectivity index (χ0) is 27.8. The van der Waals surface area contributed by atoms with Gasteiger partial charge in [-0.2, -0.15) is 5.10 Å². The van der Waals surface area contributed by atoms with Crippen molar-refractivity contribution in [3.05, 3.63) is 139 Å². The van der Waals surface area contributed by atoms with E-state index in [1.54, 1.807) is 11.5 Å². The first-order chi connectivity index (χ1) is 19.4. The van der Waals surface area contributed by atoms with Crippen molar-refractivity contribution in [2.24, 2.45) is 4.99 Å². The minimum atomic E-state index is -0.643. The van der Waals surface area contributed by atoms with Crippen molar-refractivity contribution in [2.45, 2.75) is 19.9 Å². The Labute approximate surface area is 234 Å². The van der Waals surface area contributed by atoms with Gasteiger partial charge < -0.3 is 4.74 Å². The van der Waals surface area contributed by atoms with E-state index in [-0.39, 0.29) is 5.56 Å². The second-order valence-electron chi connectivity index (χ2n) is 9.56. The van der Waals surface area contributed by atoms with Crippen LogP contribution in [0.4, 0.5) is 0 Å². The van der Waals surface area contributed by atoms with Crippen molar-refractivity contribution in [3.8, 4) is 16.9 Å². The number of aryl methyl sites for hydroxylation is 1. The molecular formula is C32H26N4O3S. The minimum Gasteiger partial charge on any atom is -0.466 e. The zero-order valence-electron chi connectivity index (χ0n) is 22.2. The molecule has 7 nitrogen and oxygen atoms in total. The molecule has 3 heterocycles. The maximum Gasteiger partial charge on any atom is 0.338 e. The Kier molecular flexibility index (Phi) is 6.61. The Balaban J connectivity index is 1.57. The molecule has 198 valence electrons. The van der Waals surface area contributed by atoms with Crippen LogP contribution in [0.1, 0.15) is 29.7 Å². The summed E-state index contributed by atoms with van der Waals surface area (Å²) in [5.74, 6) is -0.504. The van der Waals surface area contributed by atoms with E-state index in [0.717, 1.165) is 33.6 Å². The van der Waals surface area contributed by atoms with Gasteiger partial charge in [0.2, 0.25) is 0 Å². The monoisotopic (exact) mass is 546 g/mol. The van der Waals surface area contributed by atoms with Crippen molar-refractivity contribution < 1.29 is 9.53 Å². The number of esters is 1. The van der Waals surface area contributed by atoms with Gasteiger partial charge in [-0.25, -0.2) is 14.5 Å². The first kappa shape index (κ1) is 25.5. The summed E-state index contributed by atoms with van der Waals surface area (Å²) < 4.78 is 9.02. The zero-order valence-corrected chi connectivity index (χ0v) is 23.1. The fourth-order valence-electron chi connectivity index (χ4n) is 4.93. The molecule has 0 fully saturated rings. The average molecular weight is 547 g/mol. The van der Waals surface area contributed by atoms with Gasteiger partial charge in [-0.3, -0.25) is 9.36 Å². The molecule has 1 atom stereocenters. The Morgan fingerprint density at radius 2 is 1.62 bits per heavy atom. The fraction of sp³-hybridized carbons (Fsp3) is 0.125. The van der Waals surface area contributed by atoms with Gasteiger partial charge in [-0.1, -0.05) is 89.7 Å². The van der Waals surface area contributed by atoms with Crippen molar-refractivity contribution in [2.75, 3.05) is 7.11 Å². The van der Waals surface area contributed by atoms with E-state index in [4.69, 9.17) is 9.84 Å². The summed E-state index contributed by atoms with van der Waals surface area (Å²) >= 11 is 1.30. The molecule has 0 saturated carbocycles. The lowest BCUT2D eigenvalue weighted by Crippen LogP contribution is -2.39. The van der Waals surface area contributed by atoms with E-state index in [1.807, 2.05) is 109 Å². The quantitative estimate of drug-likeness (QED) is 0.303. The standard InChI is InChI=1S/C32H26N4O3S/c1-20-14-16-22(17-15-20)28-24(19-35(34-28)25-12-8-5-9-13-25)18-26-30(37)36-29(23-10-6-4-7-11-23)27(31(38)39-3)21(2)33-32(36)40-26/h4-19,29H,1-3H3/t29-/m1/s1. The lowest BCUT2D eigenvalue weighted by atomic mass is 9.96. The first-order valence-corrected chi connectivity index (χ1v) is 13.6. The van der Waals surface area contributed by atoms with Gasteiger partial charge in [0.1, 0.15) is 0 Å². The highest BCUT2D eigenvalue weighted by molar-refractivity contribution is 7.07. The molecular weight excluding hydrogens is 520 g/mol. The van der Waals surface area contributed by atoms with Crippen LogP contribution in [0.2, 0.25) is 0 Å². The third-order valence-corrected chi connectivity index (χ3v) is 7.90. The molecule has 0 aliphatic carbocycles. The summed E-state index contributed by atoms with van der Waals surface area (Å²) in [5, 5.41) is 4.90. The van der Waals surface area contributed by atoms with Crippen LogP contribution in [-0.4, -0.2) is 27.4 Å². The number of allylic oxidation sites excluding steroid dienone is 1. The Bertz CT molecular complexity index is 1930. The van der Waals surface area contributed by atoms with E-state index in [2.05, 4.69) is 4.99 Å². The van der Waals surface area contributed by atoms with E-state index in [9.17, 15) is 9.59 Å². The predicted molar refractivity (Wildman–Crippen MR) is 156 cm³/mol. The molecule has 5 aromatic rings. The van der Waals surface area contributed by atoms with E-state index < -0.39 is 12.0 Å². The molecule has 1 aliphatic rings. The number of thiazole rings is 1. The van der Waals surface area contributed by atoms with Crippen molar-refractivity contribution >= 4 is 23.4 Å². The van der Waals surface area contributed by atoms with E-state index >= 15 is 0 Å². The summed E-state index contributed by atoms with van der Waals surface area (Å²) in [6.45, 7) is 3.82. The third-order valence-electron chi connectivity index (χ3n) is 6.92. The molecule has 6 rings (SSSR count). The van der Waals surface area contributed by atoms with Crippen LogP contribution in [0, 0.1) is 6.92 Å². The normalized spacial score (nSPS) is 15.1. The van der Waals surface area contributed by atoms with Gasteiger partial charge >= 0.3 is 5.97 Å². The number of hydrogen-bond acceptors (Lipinski definition) is 6. The van der Waals surface area contributed by atoms with Crippen LogP contribution < -0.4 is 14.9 Å². The Hall–Kier alpha value is -4.82. The molecule has 0 unspecified atom stereocenters. The number of hydrogen-bond donors (Lipinski definition) is 0. The third kappa shape index (κ3) is 4.52. The Morgan fingerprint density at radius 3 is 2.30 bits per heavy atom. The van der Waals surface area contributed by atoms with E-state index in [0.29, 0.717) is 20.6 Å². The molecule has 40 heavy (non-hydrogen) atoms. The van der Waals surface area contributed by atoms with Gasteiger partial charge in [-0.05, 0) is 37.6 Å². The minimum absolute atomic E-state index is 0.228. The van der Waals surface area contributed by atoms with Gasteiger partial charge in [0, 0.05) is 17.3 Å². The number of rotatable bonds is 5. The number of para-hydroxylation sites is 1. The van der Waals surface area contributed by atoms with E-state index in [1.165, 1.54) is 18.4 Å². The molecule has 0 radical (unpaired) electrons. The maximum absolute atomic E-state index is 14.0. The average Bonchev–Trinajstić information content (AvgIpc) is 3.54. The number of nitrogens with zero attached hydrogens (tertiary/aromatic N) is 4. The highest BCUT2D eigenvalue weighted by atomic mass is 32.1. The van der Waals surface area contributed by atoms with Crippen LogP contribution in [0.5, 0.6) is 0 Å². The molecule has 3 aromatic carbocycles. The summed E-state index contributed by atoms with van der Waals surface area (Å²) in [5.41, 5.74) is 6.05. The van der Waals surface area contributed by atoms with Gasteiger partial charge in [-0.15, -0.1) is 0 Å². The number of carbonyl (C=O) groups excluding carboxylic acids is 1. The topological polar surface area (TPSA) is 78.5 Å². The van der Waals surface area contributed by atoms with Gasteiger partial charge in [0.15, 0.2) is 4.80 Å². The molecule has 0 N–H and O–H groups in total. The lowest BCUT2D eigenvalue weighted by molar-refractivity contribution is -0.136. The highest BCUT2D eigenvalue weighted by Crippen LogP contribution is 2.30. The highest BCUT2D eigenvalue weighted by Gasteiger charge is 2.33. The van der Waals surface area contributed by atoms with Crippen LogP contribution in [0.15, 0.2) is 112 Å². The molecule has 1 aliphatic heterocycles. The smallest absolute Gasteiger partial charge is 0.338 e. The molecule has 0 saturated heterocycles. The number of ether oxygens (including phenoxy) is 1. The molecule has 2 aromatic heterocycles. The number of aromatic nitrogens is 3. The van der Waals surface area contributed by atoms with Gasteiger partial charge in [0.05, 0.1) is 40.3 Å². The second kappa shape index (κ2) is 10.4. The van der Waals surface area contributed by atoms with Crippen molar-refractivity contribution in [1.82, 2.24) is 14.3 Å². The fourth-order valence-corrected chi connectivity index (χ4v) is 5.96. The summed E-state index contributed by atoms with van der Waals surface area (Å²) in [6.07, 6.45) is 3.80. The SMILES string of the molecule is COC(=O)C1=C(C)N=c2sc(=Cc3cn(-c4ccccc4)nc3-c3ccc(C)cc3)c(=O)n2[C@@H]1c1ccccc1. The number of methoxy groups -OCH3 is 1. The Morgan fingerprint density at radius 1 is 0.950 bits per heavy atom. The largest absolute Gasteiger partial charge is 0.466 e. The summed E-state index contributed by atoms with van der Waals surface area (Å²) in [4.78, 5) is 32.1. The second-order valence-corrected chi connectivity index (χ2v) is 10.6. The molecule has 0 spiro atoms. The number of benzene rings is 3. The summed E-state index contributed by atoms with van der Waals surface area (Å²) in [6, 6.07) is 26.9. The molecule has 0 bridgehead atoms. The number of carbonyl (C=O) groups is 1. The molecule has 0 amide bonds. The van der Waals surface area contributed by atoms with Crippen LogP contribution in [0.25, 0.3) is 23.0 Å². The van der Waals surface area contributed by atoms with Crippen LogP contribution in [0.3, 0.4) is 0 Å². The maximum atomic E-state index is 14.0. The first-order valence-electron chi connectivity index (χ1n) is 12.8.